The molecule has 110 valence electrons. The average molecular weight is 267 g/mol. The number of hydrogen-bond donors (Lipinski definition) is 1. The van der Waals surface area contributed by atoms with Gasteiger partial charge < -0.3 is 10.5 Å². The first-order chi connectivity index (χ1) is 9.30. The van der Waals surface area contributed by atoms with Crippen LogP contribution in [0.1, 0.15) is 32.1 Å². The van der Waals surface area contributed by atoms with Crippen molar-refractivity contribution in [2.24, 2.45) is 11.7 Å². The highest BCUT2D eigenvalue weighted by molar-refractivity contribution is 5.06. The van der Waals surface area contributed by atoms with Crippen LogP contribution >= 0.6 is 0 Å². The maximum Gasteiger partial charge on any atom is 0.0661 e. The van der Waals surface area contributed by atoms with Gasteiger partial charge in [0.1, 0.15) is 0 Å². The summed E-state index contributed by atoms with van der Waals surface area (Å²) in [4.78, 5) is 5.38. The standard InChI is InChI=1S/C15H29N3O/c1-19-12-15(11-16,13-5-6-13)18-9-8-17-7-3-2-4-14(17)10-18/h13-14H,2-12,16H2,1H3. The molecule has 4 heteroatoms. The van der Waals surface area contributed by atoms with Gasteiger partial charge in [-0.25, -0.2) is 0 Å². The SMILES string of the molecule is COCC(CN)(C1CC1)N1CCN2CCCCC2C1. The highest BCUT2D eigenvalue weighted by Gasteiger charge is 2.50. The molecular weight excluding hydrogens is 238 g/mol. The van der Waals surface area contributed by atoms with Crippen molar-refractivity contribution in [2.45, 2.75) is 43.7 Å². The lowest BCUT2D eigenvalue weighted by Crippen LogP contribution is -2.66. The predicted octanol–water partition coefficient (Wildman–Crippen LogP) is 0.910. The maximum atomic E-state index is 6.20. The zero-order chi connectivity index (χ0) is 13.3. The summed E-state index contributed by atoms with van der Waals surface area (Å²) in [5.74, 6) is 0.771. The summed E-state index contributed by atoms with van der Waals surface area (Å²) >= 11 is 0. The number of ether oxygens (including phenoxy) is 1. The first-order valence-corrected chi connectivity index (χ1v) is 7.98. The number of piperazine rings is 1. The van der Waals surface area contributed by atoms with Crippen molar-refractivity contribution in [3.63, 3.8) is 0 Å². The monoisotopic (exact) mass is 267 g/mol. The molecule has 1 aliphatic carbocycles. The number of piperidine rings is 1. The molecule has 0 radical (unpaired) electrons. The maximum absolute atomic E-state index is 6.20. The smallest absolute Gasteiger partial charge is 0.0661 e. The van der Waals surface area contributed by atoms with E-state index in [1.165, 1.54) is 58.3 Å². The quantitative estimate of drug-likeness (QED) is 0.804. The average Bonchev–Trinajstić information content (AvgIpc) is 3.29. The van der Waals surface area contributed by atoms with E-state index in [-0.39, 0.29) is 5.54 Å². The van der Waals surface area contributed by atoms with Gasteiger partial charge in [-0.1, -0.05) is 6.42 Å². The fraction of sp³-hybridized carbons (Fsp3) is 1.00. The van der Waals surface area contributed by atoms with Crippen molar-refractivity contribution in [2.75, 3.05) is 46.4 Å². The van der Waals surface area contributed by atoms with Gasteiger partial charge in [-0.15, -0.1) is 0 Å². The van der Waals surface area contributed by atoms with Crippen LogP contribution in [0.5, 0.6) is 0 Å². The van der Waals surface area contributed by atoms with Crippen LogP contribution in [-0.4, -0.2) is 67.8 Å². The van der Waals surface area contributed by atoms with E-state index in [0.717, 1.165) is 25.1 Å². The van der Waals surface area contributed by atoms with Gasteiger partial charge in [-0.3, -0.25) is 9.80 Å². The van der Waals surface area contributed by atoms with Crippen LogP contribution in [0, 0.1) is 5.92 Å². The summed E-state index contributed by atoms with van der Waals surface area (Å²) in [5.41, 5.74) is 6.32. The van der Waals surface area contributed by atoms with Gasteiger partial charge in [0.2, 0.25) is 0 Å². The van der Waals surface area contributed by atoms with E-state index in [0.29, 0.717) is 0 Å². The van der Waals surface area contributed by atoms with Gasteiger partial charge in [0.15, 0.2) is 0 Å². The van der Waals surface area contributed by atoms with Crippen molar-refractivity contribution in [3.05, 3.63) is 0 Å². The van der Waals surface area contributed by atoms with Crippen LogP contribution in [-0.2, 0) is 4.74 Å². The number of rotatable bonds is 5. The van der Waals surface area contributed by atoms with Crippen LogP contribution in [0.2, 0.25) is 0 Å². The molecule has 2 unspecified atom stereocenters. The van der Waals surface area contributed by atoms with E-state index in [1.807, 2.05) is 7.11 Å². The highest BCUT2D eigenvalue weighted by Crippen LogP contribution is 2.44. The molecule has 2 N–H and O–H groups in total. The number of nitrogens with two attached hydrogens (primary N) is 1. The number of hydrogen-bond acceptors (Lipinski definition) is 4. The first kappa shape index (κ1) is 13.8. The molecule has 2 atom stereocenters. The molecule has 3 fully saturated rings. The predicted molar refractivity (Wildman–Crippen MR) is 77.2 cm³/mol. The van der Waals surface area contributed by atoms with Gasteiger partial charge in [-0.2, -0.15) is 0 Å². The Bertz CT molecular complexity index is 308. The Hall–Kier alpha value is -0.160. The van der Waals surface area contributed by atoms with Gasteiger partial charge >= 0.3 is 0 Å². The molecule has 2 aliphatic heterocycles. The molecule has 2 heterocycles. The molecule has 0 spiro atoms. The molecule has 0 aromatic heterocycles. The molecule has 3 rings (SSSR count). The minimum atomic E-state index is 0.123. The zero-order valence-electron chi connectivity index (χ0n) is 12.3. The van der Waals surface area contributed by atoms with Crippen molar-refractivity contribution in [1.82, 2.24) is 9.80 Å². The van der Waals surface area contributed by atoms with Crippen LogP contribution in [0.15, 0.2) is 0 Å². The van der Waals surface area contributed by atoms with E-state index in [2.05, 4.69) is 9.80 Å². The molecule has 0 bridgehead atoms. The van der Waals surface area contributed by atoms with E-state index >= 15 is 0 Å². The Kier molecular flexibility index (Phi) is 4.13. The van der Waals surface area contributed by atoms with Crippen LogP contribution in [0.4, 0.5) is 0 Å². The Balaban J connectivity index is 1.72. The molecule has 0 aromatic rings. The topological polar surface area (TPSA) is 41.7 Å². The molecule has 0 amide bonds. The number of fused-ring (bicyclic) bond motifs is 1. The van der Waals surface area contributed by atoms with E-state index in [4.69, 9.17) is 10.5 Å². The second-order valence-electron chi connectivity index (χ2n) is 6.65. The Morgan fingerprint density at radius 3 is 2.68 bits per heavy atom. The lowest BCUT2D eigenvalue weighted by Gasteiger charge is -2.51. The summed E-state index contributed by atoms with van der Waals surface area (Å²) in [7, 11) is 1.82. The van der Waals surface area contributed by atoms with E-state index < -0.39 is 0 Å². The van der Waals surface area contributed by atoms with Gasteiger partial charge in [-0.05, 0) is 38.1 Å². The molecule has 19 heavy (non-hydrogen) atoms. The normalized spacial score (nSPS) is 32.8. The number of methoxy groups -OCH3 is 1. The van der Waals surface area contributed by atoms with Gasteiger partial charge in [0, 0.05) is 39.3 Å². The molecule has 1 saturated carbocycles. The molecule has 2 saturated heterocycles. The summed E-state index contributed by atoms with van der Waals surface area (Å²) in [5, 5.41) is 0. The first-order valence-electron chi connectivity index (χ1n) is 7.98. The van der Waals surface area contributed by atoms with E-state index in [9.17, 15) is 0 Å². The largest absolute Gasteiger partial charge is 0.383 e. The minimum Gasteiger partial charge on any atom is -0.383 e. The Labute approximate surface area is 117 Å². The lowest BCUT2D eigenvalue weighted by molar-refractivity contribution is -0.0525. The molecule has 0 aromatic carbocycles. The zero-order valence-corrected chi connectivity index (χ0v) is 12.3. The van der Waals surface area contributed by atoms with Crippen molar-refractivity contribution < 1.29 is 4.74 Å². The summed E-state index contributed by atoms with van der Waals surface area (Å²) in [6, 6.07) is 0.768. The third-order valence-electron chi connectivity index (χ3n) is 5.55. The van der Waals surface area contributed by atoms with Crippen LogP contribution < -0.4 is 5.73 Å². The summed E-state index contributed by atoms with van der Waals surface area (Å²) in [6.45, 7) is 6.47. The molecular formula is C15H29N3O. The number of nitrogens with zero attached hydrogens (tertiary/aromatic N) is 2. The Morgan fingerprint density at radius 1 is 1.16 bits per heavy atom. The second-order valence-corrected chi connectivity index (χ2v) is 6.65. The summed E-state index contributed by atoms with van der Waals surface area (Å²) < 4.78 is 5.55. The highest BCUT2D eigenvalue weighted by atomic mass is 16.5. The Morgan fingerprint density at radius 2 is 2.00 bits per heavy atom. The lowest BCUT2D eigenvalue weighted by atomic mass is 9.88. The second kappa shape index (κ2) is 5.68. The molecule has 3 aliphatic rings. The van der Waals surface area contributed by atoms with Crippen LogP contribution in [0.3, 0.4) is 0 Å². The van der Waals surface area contributed by atoms with Crippen molar-refractivity contribution >= 4 is 0 Å². The molecule has 4 nitrogen and oxygen atoms in total. The van der Waals surface area contributed by atoms with E-state index in [1.54, 1.807) is 0 Å². The third-order valence-corrected chi connectivity index (χ3v) is 5.55. The minimum absolute atomic E-state index is 0.123. The fourth-order valence-electron chi connectivity index (χ4n) is 4.25. The fourth-order valence-corrected chi connectivity index (χ4v) is 4.25. The van der Waals surface area contributed by atoms with Gasteiger partial charge in [0.25, 0.3) is 0 Å². The van der Waals surface area contributed by atoms with Crippen molar-refractivity contribution in [1.29, 1.82) is 0 Å². The van der Waals surface area contributed by atoms with Gasteiger partial charge in [0.05, 0.1) is 12.1 Å². The van der Waals surface area contributed by atoms with Crippen molar-refractivity contribution in [3.8, 4) is 0 Å². The third kappa shape index (κ3) is 2.56. The summed E-state index contributed by atoms with van der Waals surface area (Å²) in [6.07, 6.45) is 6.84. The van der Waals surface area contributed by atoms with Crippen LogP contribution in [0.25, 0.3) is 0 Å².